The molecule has 1 N–H and O–H groups in total. The fraction of sp³-hybridized carbons (Fsp3) is 0.714. The van der Waals surface area contributed by atoms with Crippen LogP contribution in [0.5, 0.6) is 0 Å². The summed E-state index contributed by atoms with van der Waals surface area (Å²) in [4.78, 5) is 3.85. The zero-order chi connectivity index (χ0) is 13.8. The number of halogens is 1. The number of nitrogens with one attached hydrogen (secondary N) is 1. The van der Waals surface area contributed by atoms with Crippen molar-refractivity contribution < 1.29 is 0 Å². The molecule has 1 aromatic rings. The van der Waals surface area contributed by atoms with E-state index in [0.29, 0.717) is 6.04 Å². The van der Waals surface area contributed by atoms with E-state index in [0.717, 1.165) is 23.8 Å². The third-order valence-electron chi connectivity index (χ3n) is 3.99. The lowest BCUT2D eigenvalue weighted by molar-refractivity contribution is 0.0741. The quantitative estimate of drug-likeness (QED) is 0.810. The van der Waals surface area contributed by atoms with Crippen LogP contribution >= 0.6 is 22.9 Å². The topological polar surface area (TPSA) is 15.3 Å². The summed E-state index contributed by atoms with van der Waals surface area (Å²) in [6.07, 6.45) is 1.11. The summed E-state index contributed by atoms with van der Waals surface area (Å²) in [5.74, 6) is 0. The minimum atomic E-state index is 0.117. The van der Waals surface area contributed by atoms with Gasteiger partial charge in [-0.3, -0.25) is 4.90 Å². The SMILES string of the molecule is CCN(CC)C(C)(CC)C(NC)c1ccc(Cl)s1. The first-order valence-corrected chi connectivity index (χ1v) is 7.90. The third kappa shape index (κ3) is 3.08. The molecule has 2 atom stereocenters. The van der Waals surface area contributed by atoms with E-state index in [1.54, 1.807) is 11.3 Å². The average molecular weight is 289 g/mol. The minimum Gasteiger partial charge on any atom is -0.311 e. The molecule has 1 heterocycles. The molecule has 0 saturated carbocycles. The smallest absolute Gasteiger partial charge is 0.0931 e. The fourth-order valence-electron chi connectivity index (χ4n) is 2.80. The second kappa shape index (κ2) is 6.90. The molecule has 0 aliphatic heterocycles. The lowest BCUT2D eigenvalue weighted by atomic mass is 9.86. The molecule has 2 unspecified atom stereocenters. The van der Waals surface area contributed by atoms with E-state index in [2.05, 4.69) is 44.0 Å². The van der Waals surface area contributed by atoms with Crippen LogP contribution in [-0.4, -0.2) is 30.6 Å². The van der Waals surface area contributed by atoms with Gasteiger partial charge < -0.3 is 5.32 Å². The zero-order valence-electron chi connectivity index (χ0n) is 12.1. The Labute approximate surface area is 120 Å². The number of likely N-dealkylation sites (N-methyl/N-ethyl adjacent to an activating group) is 2. The van der Waals surface area contributed by atoms with E-state index in [9.17, 15) is 0 Å². The molecule has 1 aromatic heterocycles. The van der Waals surface area contributed by atoms with Crippen molar-refractivity contribution in [3.8, 4) is 0 Å². The first kappa shape index (κ1) is 16.0. The molecule has 0 amide bonds. The van der Waals surface area contributed by atoms with Gasteiger partial charge in [0.2, 0.25) is 0 Å². The summed E-state index contributed by atoms with van der Waals surface area (Å²) >= 11 is 7.76. The molecule has 2 nitrogen and oxygen atoms in total. The van der Waals surface area contributed by atoms with Gasteiger partial charge in [-0.2, -0.15) is 0 Å². The van der Waals surface area contributed by atoms with Gasteiger partial charge in [-0.05, 0) is 45.6 Å². The van der Waals surface area contributed by atoms with Crippen LogP contribution in [0.2, 0.25) is 4.34 Å². The van der Waals surface area contributed by atoms with Gasteiger partial charge in [-0.15, -0.1) is 11.3 Å². The van der Waals surface area contributed by atoms with E-state index in [1.807, 2.05) is 13.1 Å². The van der Waals surface area contributed by atoms with Crippen molar-refractivity contribution in [2.75, 3.05) is 20.1 Å². The number of hydrogen-bond donors (Lipinski definition) is 1. The molecule has 0 aliphatic carbocycles. The highest BCUT2D eigenvalue weighted by atomic mass is 35.5. The van der Waals surface area contributed by atoms with Crippen molar-refractivity contribution in [3.63, 3.8) is 0 Å². The van der Waals surface area contributed by atoms with Gasteiger partial charge in [0.25, 0.3) is 0 Å². The summed E-state index contributed by atoms with van der Waals surface area (Å²) in [7, 11) is 2.04. The van der Waals surface area contributed by atoms with E-state index >= 15 is 0 Å². The predicted molar refractivity (Wildman–Crippen MR) is 82.7 cm³/mol. The molecule has 4 heteroatoms. The molecular weight excluding hydrogens is 264 g/mol. The Bertz CT molecular complexity index is 362. The van der Waals surface area contributed by atoms with Crippen molar-refractivity contribution in [1.29, 1.82) is 0 Å². The summed E-state index contributed by atoms with van der Waals surface area (Å²) in [6.45, 7) is 11.2. The van der Waals surface area contributed by atoms with Crippen molar-refractivity contribution in [2.45, 2.75) is 45.7 Å². The Hall–Kier alpha value is -0.0900. The van der Waals surface area contributed by atoms with Crippen LogP contribution < -0.4 is 5.32 Å². The van der Waals surface area contributed by atoms with Crippen LogP contribution in [0.1, 0.15) is 45.0 Å². The molecule has 0 aliphatic rings. The first-order chi connectivity index (χ1) is 8.53. The van der Waals surface area contributed by atoms with Crippen molar-refractivity contribution in [1.82, 2.24) is 10.2 Å². The Morgan fingerprint density at radius 1 is 1.33 bits per heavy atom. The Morgan fingerprint density at radius 3 is 2.28 bits per heavy atom. The van der Waals surface area contributed by atoms with Crippen molar-refractivity contribution >= 4 is 22.9 Å². The number of thiophene rings is 1. The Kier molecular flexibility index (Phi) is 6.12. The fourth-order valence-corrected chi connectivity index (χ4v) is 4.12. The van der Waals surface area contributed by atoms with Gasteiger partial charge >= 0.3 is 0 Å². The maximum Gasteiger partial charge on any atom is 0.0931 e. The molecule has 0 aromatic carbocycles. The molecule has 0 spiro atoms. The lowest BCUT2D eigenvalue weighted by Crippen LogP contribution is -2.53. The molecule has 104 valence electrons. The highest BCUT2D eigenvalue weighted by Crippen LogP contribution is 2.38. The van der Waals surface area contributed by atoms with Crippen LogP contribution in [-0.2, 0) is 0 Å². The summed E-state index contributed by atoms with van der Waals surface area (Å²) in [5, 5.41) is 3.48. The second-order valence-electron chi connectivity index (χ2n) is 4.75. The van der Waals surface area contributed by atoms with Crippen molar-refractivity contribution in [2.24, 2.45) is 0 Å². The summed E-state index contributed by atoms with van der Waals surface area (Å²) < 4.78 is 0.864. The van der Waals surface area contributed by atoms with Gasteiger partial charge in [-0.1, -0.05) is 32.4 Å². The summed E-state index contributed by atoms with van der Waals surface area (Å²) in [5.41, 5.74) is 0.117. The van der Waals surface area contributed by atoms with E-state index in [-0.39, 0.29) is 5.54 Å². The maximum atomic E-state index is 6.08. The van der Waals surface area contributed by atoms with E-state index in [1.165, 1.54) is 4.88 Å². The van der Waals surface area contributed by atoms with Gasteiger partial charge in [0, 0.05) is 10.4 Å². The van der Waals surface area contributed by atoms with E-state index in [4.69, 9.17) is 11.6 Å². The normalized spacial score (nSPS) is 16.8. The van der Waals surface area contributed by atoms with Crippen LogP contribution in [0.4, 0.5) is 0 Å². The summed E-state index contributed by atoms with van der Waals surface area (Å²) in [6, 6.07) is 4.45. The molecule has 0 radical (unpaired) electrons. The second-order valence-corrected chi connectivity index (χ2v) is 6.49. The molecule has 18 heavy (non-hydrogen) atoms. The first-order valence-electron chi connectivity index (χ1n) is 6.70. The highest BCUT2D eigenvalue weighted by Gasteiger charge is 2.37. The number of nitrogens with zero attached hydrogens (tertiary/aromatic N) is 1. The van der Waals surface area contributed by atoms with Crippen molar-refractivity contribution in [3.05, 3.63) is 21.3 Å². The molecule has 0 fully saturated rings. The van der Waals surface area contributed by atoms with Crippen LogP contribution in [0.3, 0.4) is 0 Å². The average Bonchev–Trinajstić information content (AvgIpc) is 2.78. The van der Waals surface area contributed by atoms with Gasteiger partial charge in [0.1, 0.15) is 0 Å². The molecule has 0 bridgehead atoms. The minimum absolute atomic E-state index is 0.117. The predicted octanol–water partition coefficient (Wildman–Crippen LogP) is 4.17. The molecular formula is C14H25ClN2S. The van der Waals surface area contributed by atoms with Crippen LogP contribution in [0.15, 0.2) is 12.1 Å². The Morgan fingerprint density at radius 2 is 1.94 bits per heavy atom. The van der Waals surface area contributed by atoms with Gasteiger partial charge in [-0.25, -0.2) is 0 Å². The largest absolute Gasteiger partial charge is 0.311 e. The highest BCUT2D eigenvalue weighted by molar-refractivity contribution is 7.16. The standard InChI is InChI=1S/C14H25ClN2S/c1-6-14(4,17(7-2)8-3)13(16-5)11-9-10-12(15)18-11/h9-10,13,16H,6-8H2,1-5H3. The lowest BCUT2D eigenvalue weighted by Gasteiger charge is -2.45. The molecule has 0 saturated heterocycles. The Balaban J connectivity index is 3.10. The van der Waals surface area contributed by atoms with Crippen LogP contribution in [0.25, 0.3) is 0 Å². The number of hydrogen-bond acceptors (Lipinski definition) is 3. The molecule has 1 rings (SSSR count). The number of rotatable bonds is 7. The van der Waals surface area contributed by atoms with Gasteiger partial charge in [0.15, 0.2) is 0 Å². The monoisotopic (exact) mass is 288 g/mol. The third-order valence-corrected chi connectivity index (χ3v) is 5.29. The van der Waals surface area contributed by atoms with Gasteiger partial charge in [0.05, 0.1) is 10.4 Å². The van der Waals surface area contributed by atoms with E-state index < -0.39 is 0 Å². The maximum absolute atomic E-state index is 6.08. The van der Waals surface area contributed by atoms with Crippen LogP contribution in [0, 0.1) is 0 Å². The zero-order valence-corrected chi connectivity index (χ0v) is 13.7.